The van der Waals surface area contributed by atoms with E-state index in [4.69, 9.17) is 0 Å². The third-order valence-corrected chi connectivity index (χ3v) is 2.96. The summed E-state index contributed by atoms with van der Waals surface area (Å²) in [4.78, 5) is 28.5. The number of aliphatic carboxylic acids is 1. The molecule has 1 N–H and O–H groups in total. The Morgan fingerprint density at radius 3 is 2.72 bits per heavy atom. The monoisotopic (exact) mass is 261 g/mol. The summed E-state index contributed by atoms with van der Waals surface area (Å²) in [5, 5.41) is 10.6. The average Bonchev–Trinajstić information content (AvgIpc) is 2.37. The van der Waals surface area contributed by atoms with Crippen molar-refractivity contribution < 1.29 is 9.90 Å². The minimum Gasteiger partial charge on any atom is -0.549 e. The van der Waals surface area contributed by atoms with Gasteiger partial charge in [-0.1, -0.05) is 42.1 Å². The molecule has 0 radical (unpaired) electrons. The number of carbonyl (C=O) groups excluding carboxylic acids is 1. The predicted octanol–water partition coefficient (Wildman–Crippen LogP) is 0.279. The molecule has 2 aromatic rings. The van der Waals surface area contributed by atoms with Crippen LogP contribution in [0.3, 0.4) is 0 Å². The Balaban J connectivity index is 2.32. The van der Waals surface area contributed by atoms with Crippen LogP contribution >= 0.6 is 11.8 Å². The van der Waals surface area contributed by atoms with Gasteiger partial charge in [0, 0.05) is 17.4 Å². The Hall–Kier alpha value is -2.08. The SMILES string of the molecule is O=C([O-])CSc1nc(-c2ccccc2)cc(=O)[nH]1. The molecule has 2 rings (SSSR count). The number of hydrogen-bond donors (Lipinski definition) is 1. The number of carbonyl (C=O) groups is 1. The van der Waals surface area contributed by atoms with Crippen LogP contribution in [-0.4, -0.2) is 21.7 Å². The standard InChI is InChI=1S/C12H10N2O3S/c15-10-6-9(8-4-2-1-3-5-8)13-12(14-10)18-7-11(16)17/h1-6H,7H2,(H,16,17)(H,13,14,15)/p-1. The number of H-pyrrole nitrogens is 1. The van der Waals surface area contributed by atoms with Crippen molar-refractivity contribution in [3.05, 3.63) is 46.8 Å². The Bertz CT molecular complexity index is 610. The van der Waals surface area contributed by atoms with Gasteiger partial charge in [0.1, 0.15) is 0 Å². The molecule has 0 aliphatic carbocycles. The first kappa shape index (κ1) is 12.4. The maximum Gasteiger partial charge on any atom is 0.252 e. The van der Waals surface area contributed by atoms with Crippen molar-refractivity contribution >= 4 is 17.7 Å². The van der Waals surface area contributed by atoms with Gasteiger partial charge in [-0.3, -0.25) is 4.79 Å². The van der Waals surface area contributed by atoms with E-state index in [0.29, 0.717) is 5.69 Å². The molecule has 1 aromatic heterocycles. The molecule has 1 aromatic carbocycles. The molecule has 1 heterocycles. The van der Waals surface area contributed by atoms with E-state index in [9.17, 15) is 14.7 Å². The quantitative estimate of drug-likeness (QED) is 0.631. The fourth-order valence-electron chi connectivity index (χ4n) is 1.39. The number of aromatic nitrogens is 2. The molecule has 0 unspecified atom stereocenters. The minimum atomic E-state index is -1.20. The van der Waals surface area contributed by atoms with E-state index in [0.717, 1.165) is 17.3 Å². The van der Waals surface area contributed by atoms with Crippen LogP contribution in [0.4, 0.5) is 0 Å². The summed E-state index contributed by atoms with van der Waals surface area (Å²) in [5.41, 5.74) is 1.00. The molecular formula is C12H9N2O3S-. The molecule has 0 amide bonds. The van der Waals surface area contributed by atoms with Crippen LogP contribution in [0.15, 0.2) is 46.3 Å². The Kier molecular flexibility index (Phi) is 3.78. The maximum atomic E-state index is 11.5. The van der Waals surface area contributed by atoms with E-state index >= 15 is 0 Å². The molecule has 0 aliphatic rings. The first-order valence-electron chi connectivity index (χ1n) is 5.14. The largest absolute Gasteiger partial charge is 0.549 e. The molecule has 6 heteroatoms. The highest BCUT2D eigenvalue weighted by Crippen LogP contribution is 2.17. The molecule has 0 atom stereocenters. The first-order chi connectivity index (χ1) is 8.65. The van der Waals surface area contributed by atoms with Gasteiger partial charge in [-0.15, -0.1) is 0 Å². The van der Waals surface area contributed by atoms with E-state index in [1.807, 2.05) is 30.3 Å². The Morgan fingerprint density at radius 1 is 1.33 bits per heavy atom. The number of aromatic amines is 1. The maximum absolute atomic E-state index is 11.5. The number of benzene rings is 1. The van der Waals surface area contributed by atoms with Crippen molar-refractivity contribution in [3.8, 4) is 11.3 Å². The highest BCUT2D eigenvalue weighted by atomic mass is 32.2. The highest BCUT2D eigenvalue weighted by Gasteiger charge is 2.04. The number of nitrogens with one attached hydrogen (secondary N) is 1. The summed E-state index contributed by atoms with van der Waals surface area (Å²) >= 11 is 0.923. The zero-order chi connectivity index (χ0) is 13.0. The van der Waals surface area contributed by atoms with Gasteiger partial charge in [-0.2, -0.15) is 0 Å². The van der Waals surface area contributed by atoms with Crippen molar-refractivity contribution in [2.45, 2.75) is 5.16 Å². The summed E-state index contributed by atoms with van der Waals surface area (Å²) < 4.78 is 0. The lowest BCUT2D eigenvalue weighted by Crippen LogP contribution is -2.24. The summed E-state index contributed by atoms with van der Waals surface area (Å²) in [6, 6.07) is 10.6. The fourth-order valence-corrected chi connectivity index (χ4v) is 1.98. The zero-order valence-electron chi connectivity index (χ0n) is 9.25. The van der Waals surface area contributed by atoms with Crippen molar-refractivity contribution in [1.29, 1.82) is 0 Å². The smallest absolute Gasteiger partial charge is 0.252 e. The van der Waals surface area contributed by atoms with Gasteiger partial charge in [0.25, 0.3) is 5.56 Å². The number of carboxylic acid groups (broad SMARTS) is 1. The van der Waals surface area contributed by atoms with Crippen molar-refractivity contribution in [2.75, 3.05) is 5.75 Å². The summed E-state index contributed by atoms with van der Waals surface area (Å²) in [6.45, 7) is 0. The Morgan fingerprint density at radius 2 is 2.06 bits per heavy atom. The van der Waals surface area contributed by atoms with Crippen LogP contribution in [0, 0.1) is 0 Å². The van der Waals surface area contributed by atoms with Gasteiger partial charge in [-0.05, 0) is 0 Å². The van der Waals surface area contributed by atoms with Crippen LogP contribution < -0.4 is 10.7 Å². The fraction of sp³-hybridized carbons (Fsp3) is 0.0833. The number of nitrogens with zero attached hydrogens (tertiary/aromatic N) is 1. The van der Waals surface area contributed by atoms with Gasteiger partial charge in [0.2, 0.25) is 0 Å². The van der Waals surface area contributed by atoms with Gasteiger partial charge in [0.15, 0.2) is 5.16 Å². The molecule has 92 valence electrons. The van der Waals surface area contributed by atoms with Crippen LogP contribution in [0.25, 0.3) is 11.3 Å². The first-order valence-corrected chi connectivity index (χ1v) is 6.13. The summed E-state index contributed by atoms with van der Waals surface area (Å²) in [5.74, 6) is -1.45. The van der Waals surface area contributed by atoms with Crippen LogP contribution in [-0.2, 0) is 4.79 Å². The predicted molar refractivity (Wildman–Crippen MR) is 66.0 cm³/mol. The topological polar surface area (TPSA) is 85.9 Å². The van der Waals surface area contributed by atoms with Gasteiger partial charge < -0.3 is 14.9 Å². The molecule has 0 saturated carbocycles. The third-order valence-electron chi connectivity index (χ3n) is 2.12. The lowest BCUT2D eigenvalue weighted by atomic mass is 10.1. The van der Waals surface area contributed by atoms with Crippen LogP contribution in [0.5, 0.6) is 0 Å². The van der Waals surface area contributed by atoms with Gasteiger partial charge in [0.05, 0.1) is 11.7 Å². The average molecular weight is 261 g/mol. The number of rotatable bonds is 4. The van der Waals surface area contributed by atoms with Crippen molar-refractivity contribution in [3.63, 3.8) is 0 Å². The molecule has 5 nitrogen and oxygen atoms in total. The molecular weight excluding hydrogens is 252 g/mol. The van der Waals surface area contributed by atoms with Crippen LogP contribution in [0.2, 0.25) is 0 Å². The van der Waals surface area contributed by atoms with E-state index in [1.165, 1.54) is 6.07 Å². The van der Waals surface area contributed by atoms with Crippen LogP contribution in [0.1, 0.15) is 0 Å². The Labute approximate surface area is 107 Å². The van der Waals surface area contributed by atoms with E-state index < -0.39 is 5.97 Å². The highest BCUT2D eigenvalue weighted by molar-refractivity contribution is 7.99. The molecule has 0 fully saturated rings. The molecule has 0 aliphatic heterocycles. The second-order valence-electron chi connectivity index (χ2n) is 3.46. The lowest BCUT2D eigenvalue weighted by molar-refractivity contribution is -0.301. The lowest BCUT2D eigenvalue weighted by Gasteiger charge is -2.04. The summed E-state index contributed by atoms with van der Waals surface area (Å²) in [6.07, 6.45) is 0. The van der Waals surface area contributed by atoms with E-state index in [-0.39, 0.29) is 16.5 Å². The van der Waals surface area contributed by atoms with Gasteiger partial charge in [-0.25, -0.2) is 4.98 Å². The molecule has 0 spiro atoms. The third kappa shape index (κ3) is 3.21. The second kappa shape index (κ2) is 5.50. The molecule has 0 saturated heterocycles. The number of hydrogen-bond acceptors (Lipinski definition) is 5. The van der Waals surface area contributed by atoms with Crippen molar-refractivity contribution in [1.82, 2.24) is 9.97 Å². The number of carboxylic acids is 1. The van der Waals surface area contributed by atoms with Gasteiger partial charge >= 0.3 is 0 Å². The number of thioether (sulfide) groups is 1. The van der Waals surface area contributed by atoms with E-state index in [2.05, 4.69) is 9.97 Å². The minimum absolute atomic E-state index is 0.249. The van der Waals surface area contributed by atoms with Crippen molar-refractivity contribution in [2.24, 2.45) is 0 Å². The second-order valence-corrected chi connectivity index (χ2v) is 4.43. The molecule has 18 heavy (non-hydrogen) atoms. The normalized spacial score (nSPS) is 10.2. The molecule has 0 bridgehead atoms. The van der Waals surface area contributed by atoms with E-state index in [1.54, 1.807) is 0 Å². The summed E-state index contributed by atoms with van der Waals surface area (Å²) in [7, 11) is 0. The zero-order valence-corrected chi connectivity index (χ0v) is 10.1.